The van der Waals surface area contributed by atoms with Crippen LogP contribution in [-0.4, -0.2) is 4.57 Å². The summed E-state index contributed by atoms with van der Waals surface area (Å²) in [5.74, 6) is 0. The van der Waals surface area contributed by atoms with Gasteiger partial charge in [-0.15, -0.1) is 0 Å². The van der Waals surface area contributed by atoms with Gasteiger partial charge < -0.3 is 10.3 Å². The van der Waals surface area contributed by atoms with E-state index < -0.39 is 0 Å². The van der Waals surface area contributed by atoms with Crippen molar-refractivity contribution in [2.75, 3.05) is 0 Å². The summed E-state index contributed by atoms with van der Waals surface area (Å²) in [5, 5.41) is 1.25. The average Bonchev–Trinajstić information content (AvgIpc) is 2.84. The first-order valence-corrected chi connectivity index (χ1v) is 7.08. The molecule has 3 aromatic rings. The van der Waals surface area contributed by atoms with Crippen molar-refractivity contribution >= 4 is 26.8 Å². The largest absolute Gasteiger partial charge is 0.343 e. The highest BCUT2D eigenvalue weighted by Gasteiger charge is 2.04. The van der Waals surface area contributed by atoms with E-state index in [-0.39, 0.29) is 0 Å². The first-order chi connectivity index (χ1) is 9.28. The Bertz CT molecular complexity index is 698. The molecular weight excluding hydrogens is 300 g/mol. The topological polar surface area (TPSA) is 30.9 Å². The number of rotatable bonds is 3. The molecule has 0 aliphatic carbocycles. The predicted octanol–water partition coefficient (Wildman–Crippen LogP) is 3.91. The van der Waals surface area contributed by atoms with Crippen LogP contribution in [-0.2, 0) is 13.1 Å². The van der Waals surface area contributed by atoms with Gasteiger partial charge in [-0.25, -0.2) is 0 Å². The lowest BCUT2D eigenvalue weighted by Gasteiger charge is -2.07. The van der Waals surface area contributed by atoms with E-state index in [1.54, 1.807) is 0 Å². The Morgan fingerprint density at radius 3 is 2.53 bits per heavy atom. The van der Waals surface area contributed by atoms with Crippen LogP contribution in [0.25, 0.3) is 10.9 Å². The van der Waals surface area contributed by atoms with Gasteiger partial charge in [-0.05, 0) is 35.4 Å². The van der Waals surface area contributed by atoms with Crippen LogP contribution >= 0.6 is 15.9 Å². The summed E-state index contributed by atoms with van der Waals surface area (Å²) in [6.45, 7) is 1.46. The number of hydrogen-bond acceptors (Lipinski definition) is 1. The molecule has 0 atom stereocenters. The molecule has 0 saturated carbocycles. The van der Waals surface area contributed by atoms with Crippen molar-refractivity contribution in [1.29, 1.82) is 0 Å². The Morgan fingerprint density at radius 1 is 1.00 bits per heavy atom. The van der Waals surface area contributed by atoms with Gasteiger partial charge in [0.2, 0.25) is 0 Å². The highest BCUT2D eigenvalue weighted by Crippen LogP contribution is 2.21. The van der Waals surface area contributed by atoms with Crippen LogP contribution in [0.5, 0.6) is 0 Å². The second kappa shape index (κ2) is 5.19. The second-order valence-electron chi connectivity index (χ2n) is 4.62. The van der Waals surface area contributed by atoms with E-state index in [0.717, 1.165) is 11.0 Å². The molecule has 0 aliphatic rings. The van der Waals surface area contributed by atoms with Crippen molar-refractivity contribution in [2.45, 2.75) is 13.1 Å². The molecule has 19 heavy (non-hydrogen) atoms. The summed E-state index contributed by atoms with van der Waals surface area (Å²) in [6.07, 6.45) is 2.13. The summed E-state index contributed by atoms with van der Waals surface area (Å²) in [7, 11) is 0. The Morgan fingerprint density at radius 2 is 1.79 bits per heavy atom. The van der Waals surface area contributed by atoms with E-state index in [1.807, 2.05) is 0 Å². The zero-order valence-corrected chi connectivity index (χ0v) is 12.1. The van der Waals surface area contributed by atoms with Crippen LogP contribution in [0.15, 0.2) is 59.2 Å². The number of benzene rings is 2. The summed E-state index contributed by atoms with van der Waals surface area (Å²) in [4.78, 5) is 0. The minimum atomic E-state index is 0.583. The molecule has 3 heteroatoms. The maximum atomic E-state index is 5.78. The fourth-order valence-electron chi connectivity index (χ4n) is 2.39. The molecule has 2 aromatic carbocycles. The SMILES string of the molecule is NCc1cccc2c1ccn2Cc1ccc(Br)cc1. The fourth-order valence-corrected chi connectivity index (χ4v) is 2.65. The van der Waals surface area contributed by atoms with Crippen LogP contribution in [0.3, 0.4) is 0 Å². The molecule has 96 valence electrons. The summed E-state index contributed by atoms with van der Waals surface area (Å²) in [6, 6.07) is 16.9. The minimum absolute atomic E-state index is 0.583. The molecule has 1 aromatic heterocycles. The van der Waals surface area contributed by atoms with Crippen LogP contribution in [0.2, 0.25) is 0 Å². The summed E-state index contributed by atoms with van der Waals surface area (Å²) < 4.78 is 3.37. The van der Waals surface area contributed by atoms with Crippen molar-refractivity contribution < 1.29 is 0 Å². The number of hydrogen-bond donors (Lipinski definition) is 1. The van der Waals surface area contributed by atoms with Crippen molar-refractivity contribution in [1.82, 2.24) is 4.57 Å². The molecule has 0 spiro atoms. The van der Waals surface area contributed by atoms with Crippen LogP contribution < -0.4 is 5.73 Å². The Balaban J connectivity index is 1.99. The molecule has 0 radical (unpaired) electrons. The van der Waals surface area contributed by atoms with E-state index in [4.69, 9.17) is 5.73 Å². The van der Waals surface area contributed by atoms with Crippen molar-refractivity contribution in [3.63, 3.8) is 0 Å². The van der Waals surface area contributed by atoms with Gasteiger partial charge in [-0.1, -0.05) is 40.2 Å². The molecule has 2 N–H and O–H groups in total. The Hall–Kier alpha value is -1.58. The Kier molecular flexibility index (Phi) is 3.40. The van der Waals surface area contributed by atoms with E-state index in [2.05, 4.69) is 75.2 Å². The predicted molar refractivity (Wildman–Crippen MR) is 83.1 cm³/mol. The quantitative estimate of drug-likeness (QED) is 0.780. The standard InChI is InChI=1S/C16H15BrN2/c17-14-6-4-12(5-7-14)11-19-9-8-15-13(10-18)2-1-3-16(15)19/h1-9H,10-11,18H2. The number of fused-ring (bicyclic) bond motifs is 1. The highest BCUT2D eigenvalue weighted by molar-refractivity contribution is 9.10. The van der Waals surface area contributed by atoms with Crippen molar-refractivity contribution in [3.8, 4) is 0 Å². The second-order valence-corrected chi connectivity index (χ2v) is 5.54. The van der Waals surface area contributed by atoms with Gasteiger partial charge in [-0.3, -0.25) is 0 Å². The summed E-state index contributed by atoms with van der Waals surface area (Å²) in [5.41, 5.74) is 9.51. The van der Waals surface area contributed by atoms with Crippen LogP contribution in [0.1, 0.15) is 11.1 Å². The third-order valence-corrected chi connectivity index (χ3v) is 3.92. The monoisotopic (exact) mass is 314 g/mol. The zero-order chi connectivity index (χ0) is 13.2. The molecule has 0 fully saturated rings. The first-order valence-electron chi connectivity index (χ1n) is 6.29. The van der Waals surface area contributed by atoms with Gasteiger partial charge in [0.25, 0.3) is 0 Å². The molecule has 0 amide bonds. The molecule has 0 aliphatic heterocycles. The lowest BCUT2D eigenvalue weighted by molar-refractivity contribution is 0.836. The molecule has 1 heterocycles. The maximum Gasteiger partial charge on any atom is 0.0486 e. The van der Waals surface area contributed by atoms with E-state index in [0.29, 0.717) is 6.54 Å². The van der Waals surface area contributed by atoms with Gasteiger partial charge in [0, 0.05) is 34.7 Å². The number of nitrogens with two attached hydrogens (primary N) is 1. The third kappa shape index (κ3) is 2.44. The van der Waals surface area contributed by atoms with E-state index in [9.17, 15) is 0 Å². The first kappa shape index (κ1) is 12.5. The molecule has 2 nitrogen and oxygen atoms in total. The number of halogens is 1. The maximum absolute atomic E-state index is 5.78. The zero-order valence-electron chi connectivity index (χ0n) is 10.5. The minimum Gasteiger partial charge on any atom is -0.343 e. The van der Waals surface area contributed by atoms with Gasteiger partial charge in [0.15, 0.2) is 0 Å². The van der Waals surface area contributed by atoms with E-state index in [1.165, 1.54) is 22.0 Å². The summed E-state index contributed by atoms with van der Waals surface area (Å²) >= 11 is 3.46. The van der Waals surface area contributed by atoms with Crippen LogP contribution in [0.4, 0.5) is 0 Å². The smallest absolute Gasteiger partial charge is 0.0486 e. The third-order valence-electron chi connectivity index (χ3n) is 3.39. The molecular formula is C16H15BrN2. The lowest BCUT2D eigenvalue weighted by atomic mass is 10.1. The van der Waals surface area contributed by atoms with Gasteiger partial charge >= 0.3 is 0 Å². The molecule has 0 unspecified atom stereocenters. The van der Waals surface area contributed by atoms with Gasteiger partial charge in [0.05, 0.1) is 0 Å². The highest BCUT2D eigenvalue weighted by atomic mass is 79.9. The van der Waals surface area contributed by atoms with Gasteiger partial charge in [-0.2, -0.15) is 0 Å². The Labute approximate surface area is 121 Å². The molecule has 3 rings (SSSR count). The van der Waals surface area contributed by atoms with Crippen LogP contribution in [0, 0.1) is 0 Å². The normalized spacial score (nSPS) is 11.1. The number of nitrogens with zero attached hydrogens (tertiary/aromatic N) is 1. The number of aromatic nitrogens is 1. The average molecular weight is 315 g/mol. The fraction of sp³-hybridized carbons (Fsp3) is 0.125. The van der Waals surface area contributed by atoms with Crippen molar-refractivity contribution in [2.24, 2.45) is 5.73 Å². The van der Waals surface area contributed by atoms with Gasteiger partial charge in [0.1, 0.15) is 0 Å². The molecule has 0 bridgehead atoms. The lowest BCUT2D eigenvalue weighted by Crippen LogP contribution is -1.99. The van der Waals surface area contributed by atoms with E-state index >= 15 is 0 Å². The molecule has 0 saturated heterocycles. The van der Waals surface area contributed by atoms with Crippen molar-refractivity contribution in [3.05, 3.63) is 70.3 Å².